The smallest absolute Gasteiger partial charge is 0.289 e. The van der Waals surface area contributed by atoms with E-state index in [2.05, 4.69) is 10.6 Å². The lowest BCUT2D eigenvalue weighted by Gasteiger charge is -2.05. The number of methoxy groups -OCH3 is 1. The normalized spacial score (nSPS) is 10.7. The molecule has 9 heteroatoms. The Morgan fingerprint density at radius 3 is 2.91 bits per heavy atom. The predicted octanol–water partition coefficient (Wildman–Crippen LogP) is 1.83. The van der Waals surface area contributed by atoms with Crippen LogP contribution in [0.15, 0.2) is 30.0 Å². The second kappa shape index (κ2) is 8.61. The van der Waals surface area contributed by atoms with Crippen molar-refractivity contribution < 1.29 is 14.5 Å². The summed E-state index contributed by atoms with van der Waals surface area (Å²) >= 11 is 5.69. The monoisotopic (exact) mass is 324 g/mol. The average molecular weight is 325 g/mol. The lowest BCUT2D eigenvalue weighted by molar-refractivity contribution is -0.384. The number of ether oxygens (including phenoxy) is 1. The number of halogens is 1. The molecule has 1 aromatic rings. The molecule has 0 aliphatic heterocycles. The average Bonchev–Trinajstić information content (AvgIpc) is 2.49. The topological polar surface area (TPSA) is 117 Å². The number of benzene rings is 1. The first-order valence-corrected chi connectivity index (χ1v) is 6.45. The minimum absolute atomic E-state index is 0.00246. The van der Waals surface area contributed by atoms with Crippen LogP contribution >= 0.6 is 11.6 Å². The molecule has 0 bridgehead atoms. The molecule has 116 valence electrons. The summed E-state index contributed by atoms with van der Waals surface area (Å²) in [5.41, 5.74) is -0.120. The quantitative estimate of drug-likeness (QED) is 0.260. The van der Waals surface area contributed by atoms with Crippen LogP contribution in [0.2, 0.25) is 5.02 Å². The first kappa shape index (κ1) is 17.4. The van der Waals surface area contributed by atoms with Crippen molar-refractivity contribution in [2.24, 2.45) is 0 Å². The molecule has 0 aliphatic carbocycles. The Morgan fingerprint density at radius 1 is 1.59 bits per heavy atom. The van der Waals surface area contributed by atoms with Gasteiger partial charge >= 0.3 is 0 Å². The summed E-state index contributed by atoms with van der Waals surface area (Å²) in [6, 6.07) is 5.78. The summed E-state index contributed by atoms with van der Waals surface area (Å²) in [5, 5.41) is 24.8. The number of nitrogens with zero attached hydrogens (tertiary/aromatic N) is 2. The Labute approximate surface area is 131 Å². The summed E-state index contributed by atoms with van der Waals surface area (Å²) in [7, 11) is 1.49. The molecule has 22 heavy (non-hydrogen) atoms. The molecule has 0 radical (unpaired) electrons. The van der Waals surface area contributed by atoms with E-state index in [-0.39, 0.29) is 22.8 Å². The van der Waals surface area contributed by atoms with E-state index in [9.17, 15) is 14.9 Å². The van der Waals surface area contributed by atoms with E-state index in [1.807, 2.05) is 0 Å². The van der Waals surface area contributed by atoms with Crippen LogP contribution in [-0.2, 0) is 9.53 Å². The van der Waals surface area contributed by atoms with Gasteiger partial charge in [-0.1, -0.05) is 11.6 Å². The molecular weight excluding hydrogens is 312 g/mol. The number of nitrogens with one attached hydrogen (secondary N) is 2. The van der Waals surface area contributed by atoms with Crippen molar-refractivity contribution in [2.45, 2.75) is 0 Å². The fourth-order valence-corrected chi connectivity index (χ4v) is 1.59. The lowest BCUT2D eigenvalue weighted by atomic mass is 10.2. The number of carbonyl (C=O) groups is 1. The Balaban J connectivity index is 2.80. The third-order valence-electron chi connectivity index (χ3n) is 2.48. The van der Waals surface area contributed by atoms with Gasteiger partial charge in [-0.15, -0.1) is 0 Å². The summed E-state index contributed by atoms with van der Waals surface area (Å²) in [4.78, 5) is 21.8. The molecule has 8 nitrogen and oxygen atoms in total. The SMILES string of the molecule is COCCNC(=O)/C(C#N)=C\Nc1ccc(Cl)c([N+](=O)[O-])c1. The van der Waals surface area contributed by atoms with Crippen LogP contribution in [0, 0.1) is 21.4 Å². The zero-order valence-corrected chi connectivity index (χ0v) is 12.4. The Hall–Kier alpha value is -2.63. The van der Waals surface area contributed by atoms with Gasteiger partial charge in [-0.3, -0.25) is 14.9 Å². The Kier molecular flexibility index (Phi) is 6.82. The summed E-state index contributed by atoms with van der Waals surface area (Å²) in [6.45, 7) is 0.585. The van der Waals surface area contributed by atoms with Gasteiger partial charge in [-0.25, -0.2) is 0 Å². The highest BCUT2D eigenvalue weighted by molar-refractivity contribution is 6.32. The molecule has 0 unspecified atom stereocenters. The Morgan fingerprint density at radius 2 is 2.32 bits per heavy atom. The summed E-state index contributed by atoms with van der Waals surface area (Å²) in [5.74, 6) is -0.574. The number of carbonyl (C=O) groups excluding carboxylic acids is 1. The van der Waals surface area contributed by atoms with Crippen LogP contribution in [-0.4, -0.2) is 31.1 Å². The van der Waals surface area contributed by atoms with Crippen LogP contribution in [0.25, 0.3) is 0 Å². The molecule has 1 aromatic carbocycles. The van der Waals surface area contributed by atoms with Gasteiger partial charge in [0, 0.05) is 31.6 Å². The van der Waals surface area contributed by atoms with Gasteiger partial charge in [0.05, 0.1) is 11.5 Å². The molecule has 2 N–H and O–H groups in total. The second-order valence-corrected chi connectivity index (χ2v) is 4.39. The van der Waals surface area contributed by atoms with Crippen molar-refractivity contribution >= 4 is 28.9 Å². The number of nitro benzene ring substituents is 1. The van der Waals surface area contributed by atoms with Crippen molar-refractivity contribution in [2.75, 3.05) is 25.6 Å². The van der Waals surface area contributed by atoms with E-state index in [0.717, 1.165) is 6.20 Å². The van der Waals surface area contributed by atoms with E-state index in [4.69, 9.17) is 21.6 Å². The number of rotatable bonds is 7. The number of anilines is 1. The fourth-order valence-electron chi connectivity index (χ4n) is 1.41. The maximum atomic E-state index is 11.7. The number of nitriles is 1. The molecule has 0 aliphatic rings. The van der Waals surface area contributed by atoms with Crippen LogP contribution in [0.3, 0.4) is 0 Å². The highest BCUT2D eigenvalue weighted by atomic mass is 35.5. The standard InChI is InChI=1S/C13H13ClN4O4/c1-22-5-4-16-13(19)9(7-15)8-17-10-2-3-11(14)12(6-10)18(20)21/h2-3,6,8,17H,4-5H2,1H3,(H,16,19)/b9-8-. The van der Waals surface area contributed by atoms with Crippen LogP contribution in [0.4, 0.5) is 11.4 Å². The Bertz CT molecular complexity index is 639. The van der Waals surface area contributed by atoms with E-state index in [1.54, 1.807) is 6.07 Å². The first-order valence-electron chi connectivity index (χ1n) is 6.07. The second-order valence-electron chi connectivity index (χ2n) is 3.99. The first-order chi connectivity index (χ1) is 10.5. The van der Waals surface area contributed by atoms with E-state index in [1.165, 1.54) is 25.3 Å². The zero-order chi connectivity index (χ0) is 16.5. The largest absolute Gasteiger partial charge is 0.383 e. The zero-order valence-electron chi connectivity index (χ0n) is 11.6. The van der Waals surface area contributed by atoms with Crippen molar-refractivity contribution in [3.63, 3.8) is 0 Å². The minimum Gasteiger partial charge on any atom is -0.383 e. The van der Waals surface area contributed by atoms with Crippen molar-refractivity contribution in [3.05, 3.63) is 45.1 Å². The molecule has 1 amide bonds. The number of amides is 1. The van der Waals surface area contributed by atoms with Crippen molar-refractivity contribution in [1.29, 1.82) is 5.26 Å². The molecule has 0 fully saturated rings. The highest BCUT2D eigenvalue weighted by Crippen LogP contribution is 2.27. The summed E-state index contributed by atoms with van der Waals surface area (Å²) < 4.78 is 4.77. The molecule has 0 spiro atoms. The number of hydrogen-bond donors (Lipinski definition) is 2. The van der Waals surface area contributed by atoms with E-state index in [0.29, 0.717) is 12.3 Å². The van der Waals surface area contributed by atoms with Crippen molar-refractivity contribution in [1.82, 2.24) is 5.32 Å². The number of nitro groups is 1. The van der Waals surface area contributed by atoms with Crippen molar-refractivity contribution in [3.8, 4) is 6.07 Å². The molecule has 1 rings (SSSR count). The number of hydrogen-bond acceptors (Lipinski definition) is 6. The van der Waals surface area contributed by atoms with Gasteiger partial charge in [-0.2, -0.15) is 5.26 Å². The van der Waals surface area contributed by atoms with Crippen LogP contribution in [0.1, 0.15) is 0 Å². The molecule has 0 atom stereocenters. The summed E-state index contributed by atoms with van der Waals surface area (Å²) in [6.07, 6.45) is 1.16. The molecule has 0 saturated heterocycles. The molecule has 0 heterocycles. The maximum absolute atomic E-state index is 11.7. The van der Waals surface area contributed by atoms with Gasteiger partial charge < -0.3 is 15.4 Å². The van der Waals surface area contributed by atoms with E-state index >= 15 is 0 Å². The van der Waals surface area contributed by atoms with Crippen LogP contribution < -0.4 is 10.6 Å². The van der Waals surface area contributed by atoms with Gasteiger partial charge in [0.2, 0.25) is 0 Å². The third kappa shape index (κ3) is 5.05. The minimum atomic E-state index is -0.625. The third-order valence-corrected chi connectivity index (χ3v) is 2.80. The van der Waals surface area contributed by atoms with Gasteiger partial charge in [0.25, 0.3) is 11.6 Å². The fraction of sp³-hybridized carbons (Fsp3) is 0.231. The van der Waals surface area contributed by atoms with Crippen LogP contribution in [0.5, 0.6) is 0 Å². The molecule has 0 aromatic heterocycles. The van der Waals surface area contributed by atoms with Gasteiger partial charge in [0.1, 0.15) is 16.7 Å². The van der Waals surface area contributed by atoms with E-state index < -0.39 is 10.8 Å². The molecular formula is C13H13ClN4O4. The van der Waals surface area contributed by atoms with Gasteiger partial charge in [-0.05, 0) is 12.1 Å². The predicted molar refractivity (Wildman–Crippen MR) is 80.3 cm³/mol. The molecule has 0 saturated carbocycles. The highest BCUT2D eigenvalue weighted by Gasteiger charge is 2.13. The maximum Gasteiger partial charge on any atom is 0.289 e. The van der Waals surface area contributed by atoms with Gasteiger partial charge in [0.15, 0.2) is 0 Å². The lowest BCUT2D eigenvalue weighted by Crippen LogP contribution is -2.28.